The van der Waals surface area contributed by atoms with Gasteiger partial charge in [-0.15, -0.1) is 0 Å². The minimum absolute atomic E-state index is 0.0488. The molecule has 2 rings (SSSR count). The maximum atomic E-state index is 12.1. The fourth-order valence-electron chi connectivity index (χ4n) is 3.82. The van der Waals surface area contributed by atoms with Gasteiger partial charge in [0.15, 0.2) is 6.10 Å². The standard InChI is InChI=1S/C17H28O7.C10H14.C6H12O2/c1-7-9(2)16(20)24-17-15(22-13(6)19)11(4)10(3)14(23-17)8-21-12(5)18;1-3-9(2)10-7-5-4-6-8-10;1-6(2,3)5(7)8-4/h9-11,14-15,17H,7-8H2,1-6H3;4-9H,3H2,1-2H3;1-4H3. The quantitative estimate of drug-likeness (QED) is 0.247. The molecule has 1 aromatic rings. The molecule has 1 saturated heterocycles. The van der Waals surface area contributed by atoms with Gasteiger partial charge in [0.2, 0.25) is 6.29 Å². The van der Waals surface area contributed by atoms with Crippen LogP contribution in [0.5, 0.6) is 0 Å². The minimum atomic E-state index is -1.01. The van der Waals surface area contributed by atoms with Crippen LogP contribution in [-0.2, 0) is 42.9 Å². The number of methoxy groups -OCH3 is 1. The van der Waals surface area contributed by atoms with Crippen molar-refractivity contribution in [1.29, 1.82) is 0 Å². The van der Waals surface area contributed by atoms with Gasteiger partial charge in [0.1, 0.15) is 6.61 Å². The van der Waals surface area contributed by atoms with Crippen LogP contribution in [0.2, 0.25) is 0 Å². The Kier molecular flexibility index (Phi) is 17.9. The number of benzene rings is 1. The summed E-state index contributed by atoms with van der Waals surface area (Å²) in [6.07, 6.45) is -0.289. The van der Waals surface area contributed by atoms with Crippen LogP contribution in [0.15, 0.2) is 30.3 Å². The molecule has 0 spiro atoms. The second kappa shape index (κ2) is 19.3. The molecule has 0 aromatic heterocycles. The van der Waals surface area contributed by atoms with Crippen molar-refractivity contribution < 1.29 is 42.9 Å². The van der Waals surface area contributed by atoms with Gasteiger partial charge in [-0.1, -0.05) is 71.9 Å². The van der Waals surface area contributed by atoms with Crippen LogP contribution in [0.25, 0.3) is 0 Å². The molecule has 0 bridgehead atoms. The fraction of sp³-hybridized carbons (Fsp3) is 0.697. The van der Waals surface area contributed by atoms with Gasteiger partial charge in [-0.25, -0.2) is 0 Å². The molecule has 1 heterocycles. The SMILES string of the molecule is CCC(C)C(=O)OC1OC(COC(C)=O)C(C)C(C)C1OC(C)=O.CCC(C)c1ccccc1.COC(=O)C(C)(C)C. The first-order valence-corrected chi connectivity index (χ1v) is 14.8. The number of rotatable bonds is 8. The zero-order valence-electron chi connectivity index (χ0n) is 27.7. The van der Waals surface area contributed by atoms with E-state index in [4.69, 9.17) is 18.9 Å². The van der Waals surface area contributed by atoms with E-state index in [0.29, 0.717) is 12.3 Å². The molecule has 7 atom stereocenters. The molecule has 7 unspecified atom stereocenters. The molecular weight excluding hydrogens is 540 g/mol. The summed E-state index contributed by atoms with van der Waals surface area (Å²) in [6, 6.07) is 10.6. The van der Waals surface area contributed by atoms with Gasteiger partial charge in [-0.05, 0) is 51.0 Å². The van der Waals surface area contributed by atoms with Crippen molar-refractivity contribution in [2.24, 2.45) is 23.2 Å². The van der Waals surface area contributed by atoms with Gasteiger partial charge in [0.05, 0.1) is 24.5 Å². The number of esters is 4. The molecule has 9 nitrogen and oxygen atoms in total. The van der Waals surface area contributed by atoms with E-state index >= 15 is 0 Å². The first kappa shape index (κ1) is 39.1. The van der Waals surface area contributed by atoms with Crippen LogP contribution in [0.4, 0.5) is 0 Å². The largest absolute Gasteiger partial charge is 0.469 e. The molecule has 0 saturated carbocycles. The van der Waals surface area contributed by atoms with Crippen molar-refractivity contribution in [3.8, 4) is 0 Å². The maximum absolute atomic E-state index is 12.1. The van der Waals surface area contributed by atoms with Gasteiger partial charge >= 0.3 is 23.9 Å². The average Bonchev–Trinajstić information content (AvgIpc) is 2.95. The number of ether oxygens (including phenoxy) is 5. The topological polar surface area (TPSA) is 114 Å². The first-order chi connectivity index (χ1) is 19.5. The summed E-state index contributed by atoms with van der Waals surface area (Å²) < 4.78 is 26.1. The Hall–Kier alpha value is -2.94. The highest BCUT2D eigenvalue weighted by Crippen LogP contribution is 2.34. The molecule has 240 valence electrons. The Labute approximate surface area is 253 Å². The van der Waals surface area contributed by atoms with Crippen molar-refractivity contribution in [2.45, 2.75) is 113 Å². The molecule has 0 N–H and O–H groups in total. The van der Waals surface area contributed by atoms with Crippen molar-refractivity contribution in [3.05, 3.63) is 35.9 Å². The van der Waals surface area contributed by atoms with Gasteiger partial charge in [-0.2, -0.15) is 0 Å². The van der Waals surface area contributed by atoms with Gasteiger partial charge in [0.25, 0.3) is 0 Å². The first-order valence-electron chi connectivity index (χ1n) is 14.8. The Morgan fingerprint density at radius 2 is 1.45 bits per heavy atom. The van der Waals surface area contributed by atoms with Crippen LogP contribution >= 0.6 is 0 Å². The van der Waals surface area contributed by atoms with Crippen molar-refractivity contribution in [3.63, 3.8) is 0 Å². The van der Waals surface area contributed by atoms with E-state index < -0.39 is 36.4 Å². The minimum Gasteiger partial charge on any atom is -0.469 e. The lowest BCUT2D eigenvalue weighted by molar-refractivity contribution is -0.273. The highest BCUT2D eigenvalue weighted by atomic mass is 16.7. The van der Waals surface area contributed by atoms with Crippen molar-refractivity contribution in [1.82, 2.24) is 0 Å². The Morgan fingerprint density at radius 3 is 1.86 bits per heavy atom. The lowest BCUT2D eigenvalue weighted by Crippen LogP contribution is -2.54. The monoisotopic (exact) mass is 594 g/mol. The second-order valence-electron chi connectivity index (χ2n) is 11.8. The summed E-state index contributed by atoms with van der Waals surface area (Å²) in [4.78, 5) is 45.2. The van der Waals surface area contributed by atoms with E-state index in [-0.39, 0.29) is 35.7 Å². The molecule has 1 aliphatic rings. The highest BCUT2D eigenvalue weighted by Gasteiger charge is 2.46. The fourth-order valence-corrected chi connectivity index (χ4v) is 3.82. The number of hydrogen-bond acceptors (Lipinski definition) is 9. The summed E-state index contributed by atoms with van der Waals surface area (Å²) in [5.41, 5.74) is 1.10. The molecule has 1 aromatic carbocycles. The normalized spacial score (nSPS) is 22.9. The Bertz CT molecular complexity index is 952. The predicted molar refractivity (Wildman–Crippen MR) is 161 cm³/mol. The van der Waals surface area contributed by atoms with E-state index in [9.17, 15) is 19.2 Å². The molecule has 0 amide bonds. The predicted octanol–water partition coefficient (Wildman–Crippen LogP) is 6.47. The lowest BCUT2D eigenvalue weighted by Gasteiger charge is -2.43. The van der Waals surface area contributed by atoms with Crippen LogP contribution in [0.3, 0.4) is 0 Å². The summed E-state index contributed by atoms with van der Waals surface area (Å²) >= 11 is 0. The smallest absolute Gasteiger partial charge is 0.311 e. The summed E-state index contributed by atoms with van der Waals surface area (Å²) in [5.74, 6) is -1.20. The molecule has 0 aliphatic carbocycles. The zero-order valence-corrected chi connectivity index (χ0v) is 27.7. The van der Waals surface area contributed by atoms with Crippen LogP contribution in [0, 0.1) is 23.2 Å². The summed E-state index contributed by atoms with van der Waals surface area (Å²) in [7, 11) is 1.40. The average molecular weight is 595 g/mol. The molecule has 42 heavy (non-hydrogen) atoms. The number of hydrogen-bond donors (Lipinski definition) is 0. The highest BCUT2D eigenvalue weighted by molar-refractivity contribution is 5.75. The zero-order chi connectivity index (χ0) is 32.6. The van der Waals surface area contributed by atoms with E-state index in [2.05, 4.69) is 48.9 Å². The van der Waals surface area contributed by atoms with E-state index in [1.165, 1.54) is 32.9 Å². The molecule has 1 fully saturated rings. The third-order valence-corrected chi connectivity index (χ3v) is 7.29. The summed E-state index contributed by atoms with van der Waals surface area (Å²) in [6.45, 7) is 20.1. The molecule has 0 radical (unpaired) electrons. The number of carbonyl (C=O) groups excluding carboxylic acids is 4. The molecule has 1 aliphatic heterocycles. The Morgan fingerprint density at radius 1 is 0.881 bits per heavy atom. The van der Waals surface area contributed by atoms with Crippen molar-refractivity contribution in [2.75, 3.05) is 13.7 Å². The van der Waals surface area contributed by atoms with E-state index in [1.54, 1.807) is 6.92 Å². The number of carbonyl (C=O) groups is 4. The summed E-state index contributed by atoms with van der Waals surface area (Å²) in [5, 5.41) is 0. The second-order valence-corrected chi connectivity index (χ2v) is 11.8. The lowest BCUT2D eigenvalue weighted by atomic mass is 9.83. The molecular formula is C33H54O9. The van der Waals surface area contributed by atoms with Crippen molar-refractivity contribution >= 4 is 23.9 Å². The van der Waals surface area contributed by atoms with Gasteiger partial charge in [0, 0.05) is 19.8 Å². The van der Waals surface area contributed by atoms with Gasteiger partial charge in [-0.3, -0.25) is 19.2 Å². The van der Waals surface area contributed by atoms with Gasteiger partial charge < -0.3 is 23.7 Å². The van der Waals surface area contributed by atoms with E-state index in [0.717, 1.165) is 0 Å². The Balaban J connectivity index is 0.000000759. The van der Waals surface area contributed by atoms with E-state index in [1.807, 2.05) is 41.5 Å². The van der Waals surface area contributed by atoms with Crippen LogP contribution in [0.1, 0.15) is 100 Å². The molecule has 9 heteroatoms. The van der Waals surface area contributed by atoms with Crippen LogP contribution in [-0.4, -0.2) is 56.1 Å². The maximum Gasteiger partial charge on any atom is 0.311 e. The van der Waals surface area contributed by atoms with Crippen LogP contribution < -0.4 is 0 Å². The third-order valence-electron chi connectivity index (χ3n) is 7.29. The third kappa shape index (κ3) is 14.3.